The average Bonchev–Trinajstić information content (AvgIpc) is 2.68. The molecule has 1 aromatic heterocycles. The molecule has 1 saturated heterocycles. The molecule has 3 rings (SSSR count). The van der Waals surface area contributed by atoms with Crippen molar-refractivity contribution in [2.45, 2.75) is 31.8 Å². The summed E-state index contributed by atoms with van der Waals surface area (Å²) in [6.45, 7) is 5.84. The predicted molar refractivity (Wildman–Crippen MR) is 71.7 cm³/mol. The molecule has 1 aliphatic rings. The largest absolute Gasteiger partial charge is 0.461 e. The third kappa shape index (κ3) is 2.51. The van der Waals surface area contributed by atoms with Gasteiger partial charge in [0.05, 0.1) is 24.1 Å². The van der Waals surface area contributed by atoms with Crippen molar-refractivity contribution in [1.82, 2.24) is 5.32 Å². The Morgan fingerprint density at radius 2 is 2.21 bits per heavy atom. The summed E-state index contributed by atoms with van der Waals surface area (Å²) >= 11 is 0. The molecule has 0 aliphatic carbocycles. The minimum absolute atomic E-state index is 0.0975. The van der Waals surface area contributed by atoms with E-state index in [1.54, 1.807) is 6.07 Å². The van der Waals surface area contributed by atoms with Crippen molar-refractivity contribution in [2.75, 3.05) is 13.2 Å². The van der Waals surface area contributed by atoms with E-state index in [0.29, 0.717) is 17.0 Å². The van der Waals surface area contributed by atoms with Gasteiger partial charge in [-0.1, -0.05) is 6.07 Å². The summed E-state index contributed by atoms with van der Waals surface area (Å²) in [6.07, 6.45) is 2.04. The first-order chi connectivity index (χ1) is 9.06. The molecule has 2 heterocycles. The molecule has 1 unspecified atom stereocenters. The molecule has 0 spiro atoms. The number of rotatable bonds is 4. The Labute approximate surface area is 111 Å². The molecular formula is C15H18FNO2. The summed E-state index contributed by atoms with van der Waals surface area (Å²) in [7, 11) is 0. The van der Waals surface area contributed by atoms with Gasteiger partial charge >= 0.3 is 0 Å². The zero-order chi connectivity index (χ0) is 13.5. The van der Waals surface area contributed by atoms with Crippen LogP contribution in [0.2, 0.25) is 0 Å². The molecule has 1 N–H and O–H groups in total. The average molecular weight is 263 g/mol. The fourth-order valence-electron chi connectivity index (χ4n) is 2.66. The van der Waals surface area contributed by atoms with Crippen LogP contribution in [-0.4, -0.2) is 24.8 Å². The van der Waals surface area contributed by atoms with Crippen molar-refractivity contribution in [1.29, 1.82) is 0 Å². The molecule has 2 aromatic rings. The summed E-state index contributed by atoms with van der Waals surface area (Å²) in [5, 5.41) is 4.11. The predicted octanol–water partition coefficient (Wildman–Crippen LogP) is 2.88. The minimum atomic E-state index is -0.299. The molecular weight excluding hydrogens is 245 g/mol. The summed E-state index contributed by atoms with van der Waals surface area (Å²) in [6, 6.07) is 5.99. The Morgan fingerprint density at radius 3 is 2.89 bits per heavy atom. The zero-order valence-corrected chi connectivity index (χ0v) is 11.2. The topological polar surface area (TPSA) is 34.4 Å². The van der Waals surface area contributed by atoms with Gasteiger partial charge in [0.25, 0.3) is 0 Å². The van der Waals surface area contributed by atoms with E-state index >= 15 is 0 Å². The summed E-state index contributed by atoms with van der Waals surface area (Å²) in [5.41, 5.74) is 1.85. The lowest BCUT2D eigenvalue weighted by molar-refractivity contribution is -0.0684. The van der Waals surface area contributed by atoms with Crippen molar-refractivity contribution in [2.24, 2.45) is 0 Å². The van der Waals surface area contributed by atoms with Gasteiger partial charge in [-0.15, -0.1) is 0 Å². The van der Waals surface area contributed by atoms with E-state index in [4.69, 9.17) is 9.15 Å². The van der Waals surface area contributed by atoms with Crippen molar-refractivity contribution in [3.8, 4) is 0 Å². The molecule has 0 amide bonds. The van der Waals surface area contributed by atoms with Gasteiger partial charge in [0.1, 0.15) is 11.8 Å². The number of ether oxygens (including phenoxy) is 1. The SMILES string of the molecule is CC(Cc1ccc2c(F)coc2c1)NC1(C)COC1. The maximum absolute atomic E-state index is 13.3. The second kappa shape index (κ2) is 4.62. The van der Waals surface area contributed by atoms with Crippen molar-refractivity contribution < 1.29 is 13.5 Å². The second-order valence-electron chi connectivity index (χ2n) is 5.72. The van der Waals surface area contributed by atoms with Crippen LogP contribution in [0, 0.1) is 5.82 Å². The van der Waals surface area contributed by atoms with Crippen LogP contribution in [0.25, 0.3) is 11.0 Å². The van der Waals surface area contributed by atoms with E-state index < -0.39 is 0 Å². The Bertz CT molecular complexity index is 589. The smallest absolute Gasteiger partial charge is 0.169 e. The fraction of sp³-hybridized carbons (Fsp3) is 0.467. The second-order valence-corrected chi connectivity index (χ2v) is 5.72. The molecule has 0 saturated carbocycles. The Kier molecular flexibility index (Phi) is 3.07. The van der Waals surface area contributed by atoms with Gasteiger partial charge in [0, 0.05) is 6.04 Å². The molecule has 3 nitrogen and oxygen atoms in total. The van der Waals surface area contributed by atoms with E-state index in [1.165, 1.54) is 0 Å². The molecule has 102 valence electrons. The first-order valence-electron chi connectivity index (χ1n) is 6.57. The van der Waals surface area contributed by atoms with Crippen LogP contribution in [0.4, 0.5) is 4.39 Å². The number of halogens is 1. The molecule has 19 heavy (non-hydrogen) atoms. The molecule has 4 heteroatoms. The van der Waals surface area contributed by atoms with Crippen molar-refractivity contribution >= 4 is 11.0 Å². The van der Waals surface area contributed by atoms with E-state index in [2.05, 4.69) is 19.2 Å². The monoisotopic (exact) mass is 263 g/mol. The van der Waals surface area contributed by atoms with Crippen molar-refractivity contribution in [3.05, 3.63) is 35.8 Å². The molecule has 1 aromatic carbocycles. The summed E-state index contributed by atoms with van der Waals surface area (Å²) in [4.78, 5) is 0. The van der Waals surface area contributed by atoms with Crippen LogP contribution in [0.5, 0.6) is 0 Å². The van der Waals surface area contributed by atoms with Crippen LogP contribution >= 0.6 is 0 Å². The molecule has 0 radical (unpaired) electrons. The lowest BCUT2D eigenvalue weighted by atomic mass is 9.97. The number of nitrogens with one attached hydrogen (secondary N) is 1. The van der Waals surface area contributed by atoms with Gasteiger partial charge in [-0.3, -0.25) is 0 Å². The van der Waals surface area contributed by atoms with Gasteiger partial charge < -0.3 is 14.5 Å². The van der Waals surface area contributed by atoms with E-state index in [9.17, 15) is 4.39 Å². The van der Waals surface area contributed by atoms with Gasteiger partial charge in [0.15, 0.2) is 5.82 Å². The summed E-state index contributed by atoms with van der Waals surface area (Å²) < 4.78 is 23.7. The number of hydrogen-bond donors (Lipinski definition) is 1. The van der Waals surface area contributed by atoms with Crippen LogP contribution in [0.1, 0.15) is 19.4 Å². The fourth-order valence-corrected chi connectivity index (χ4v) is 2.66. The molecule has 1 aliphatic heterocycles. The zero-order valence-electron chi connectivity index (χ0n) is 11.2. The molecule has 1 atom stereocenters. The Hall–Kier alpha value is -1.39. The normalized spacial score (nSPS) is 19.3. The highest BCUT2D eigenvalue weighted by atomic mass is 19.1. The number of hydrogen-bond acceptors (Lipinski definition) is 3. The van der Waals surface area contributed by atoms with Gasteiger partial charge in [-0.05, 0) is 38.0 Å². The highest BCUT2D eigenvalue weighted by Crippen LogP contribution is 2.22. The van der Waals surface area contributed by atoms with E-state index in [-0.39, 0.29) is 11.4 Å². The van der Waals surface area contributed by atoms with Crippen molar-refractivity contribution in [3.63, 3.8) is 0 Å². The van der Waals surface area contributed by atoms with Crippen LogP contribution in [-0.2, 0) is 11.2 Å². The van der Waals surface area contributed by atoms with Crippen LogP contribution in [0.3, 0.4) is 0 Å². The summed E-state index contributed by atoms with van der Waals surface area (Å²) in [5.74, 6) is -0.299. The standard InChI is InChI=1S/C15H18FNO2/c1-10(17-15(2)8-18-9-15)5-11-3-4-12-13(16)7-19-14(12)6-11/h3-4,6-7,10,17H,5,8-9H2,1-2H3. The highest BCUT2D eigenvalue weighted by molar-refractivity contribution is 5.78. The highest BCUT2D eigenvalue weighted by Gasteiger charge is 2.33. The Morgan fingerprint density at radius 1 is 1.42 bits per heavy atom. The van der Waals surface area contributed by atoms with Gasteiger partial charge in [-0.2, -0.15) is 0 Å². The lowest BCUT2D eigenvalue weighted by Gasteiger charge is -2.41. The van der Waals surface area contributed by atoms with Crippen LogP contribution < -0.4 is 5.32 Å². The molecule has 0 bridgehead atoms. The van der Waals surface area contributed by atoms with Gasteiger partial charge in [0.2, 0.25) is 0 Å². The van der Waals surface area contributed by atoms with E-state index in [0.717, 1.165) is 31.5 Å². The quantitative estimate of drug-likeness (QED) is 0.921. The Balaban J connectivity index is 1.70. The number of benzene rings is 1. The van der Waals surface area contributed by atoms with Crippen LogP contribution in [0.15, 0.2) is 28.9 Å². The lowest BCUT2D eigenvalue weighted by Crippen LogP contribution is -2.60. The van der Waals surface area contributed by atoms with Gasteiger partial charge in [-0.25, -0.2) is 4.39 Å². The minimum Gasteiger partial charge on any atom is -0.461 e. The number of fused-ring (bicyclic) bond motifs is 1. The maximum Gasteiger partial charge on any atom is 0.169 e. The third-order valence-corrected chi connectivity index (χ3v) is 3.57. The maximum atomic E-state index is 13.3. The first-order valence-corrected chi connectivity index (χ1v) is 6.57. The third-order valence-electron chi connectivity index (χ3n) is 3.57. The first kappa shape index (κ1) is 12.6. The molecule has 1 fully saturated rings. The van der Waals surface area contributed by atoms with E-state index in [1.807, 2.05) is 12.1 Å². The number of furan rings is 1.